The summed E-state index contributed by atoms with van der Waals surface area (Å²) >= 11 is 3.40. The van der Waals surface area contributed by atoms with E-state index in [0.717, 1.165) is 17.6 Å². The third-order valence-corrected chi connectivity index (χ3v) is 4.73. The smallest absolute Gasteiger partial charge is 0.252 e. The Hall–Kier alpha value is -1.10. The summed E-state index contributed by atoms with van der Waals surface area (Å²) in [6.07, 6.45) is 4.83. The summed E-state index contributed by atoms with van der Waals surface area (Å²) in [4.78, 5) is 18.5. The number of hydrogen-bond donors (Lipinski definition) is 1. The molecule has 1 aromatic rings. The topological polar surface area (TPSA) is 59.2 Å². The van der Waals surface area contributed by atoms with Crippen LogP contribution in [0, 0.1) is 5.92 Å². The highest BCUT2D eigenvalue weighted by molar-refractivity contribution is 9.10. The first kappa shape index (κ1) is 16.3. The van der Waals surface area contributed by atoms with Crippen LogP contribution in [0.1, 0.15) is 56.8 Å². The predicted molar refractivity (Wildman–Crippen MR) is 89.5 cm³/mol. The lowest BCUT2D eigenvalue weighted by molar-refractivity contribution is 0.100. The van der Waals surface area contributed by atoms with Gasteiger partial charge in [-0.2, -0.15) is 0 Å². The van der Waals surface area contributed by atoms with E-state index in [-0.39, 0.29) is 5.54 Å². The van der Waals surface area contributed by atoms with Gasteiger partial charge in [0.1, 0.15) is 10.4 Å². The Labute approximate surface area is 135 Å². The van der Waals surface area contributed by atoms with Gasteiger partial charge < -0.3 is 10.6 Å². The second-order valence-electron chi connectivity index (χ2n) is 6.50. The summed E-state index contributed by atoms with van der Waals surface area (Å²) in [6, 6.07) is 3.52. The maximum Gasteiger partial charge on any atom is 0.252 e. The molecule has 1 saturated heterocycles. The third kappa shape index (κ3) is 3.57. The number of amides is 1. The Morgan fingerprint density at radius 2 is 2.24 bits per heavy atom. The maximum atomic E-state index is 11.7. The molecule has 1 fully saturated rings. The molecule has 0 bridgehead atoms. The summed E-state index contributed by atoms with van der Waals surface area (Å²) in [5.41, 5.74) is 6.01. The van der Waals surface area contributed by atoms with Gasteiger partial charge in [0, 0.05) is 12.1 Å². The molecule has 0 aromatic carbocycles. The predicted octanol–water partition coefficient (Wildman–Crippen LogP) is 3.74. The molecule has 1 amide bonds. The second kappa shape index (κ2) is 6.34. The molecular weight excluding hydrogens is 330 g/mol. The lowest BCUT2D eigenvalue weighted by Gasteiger charge is -2.33. The highest BCUT2D eigenvalue weighted by Crippen LogP contribution is 2.39. The molecule has 5 heteroatoms. The molecule has 21 heavy (non-hydrogen) atoms. The van der Waals surface area contributed by atoms with E-state index in [9.17, 15) is 4.79 Å². The van der Waals surface area contributed by atoms with Gasteiger partial charge in [-0.1, -0.05) is 19.8 Å². The average molecular weight is 354 g/mol. The zero-order chi connectivity index (χ0) is 15.6. The van der Waals surface area contributed by atoms with Gasteiger partial charge in [0.05, 0.1) is 5.56 Å². The van der Waals surface area contributed by atoms with Crippen molar-refractivity contribution in [2.75, 3.05) is 11.4 Å². The molecule has 0 aliphatic carbocycles. The lowest BCUT2D eigenvalue weighted by Crippen LogP contribution is -2.40. The summed E-state index contributed by atoms with van der Waals surface area (Å²) in [6.45, 7) is 7.59. The molecule has 1 atom stereocenters. The minimum Gasteiger partial charge on any atom is -0.365 e. The summed E-state index contributed by atoms with van der Waals surface area (Å²) in [7, 11) is 0. The number of nitrogens with two attached hydrogens (primary N) is 1. The van der Waals surface area contributed by atoms with Gasteiger partial charge >= 0.3 is 0 Å². The average Bonchev–Trinajstić information content (AvgIpc) is 2.70. The van der Waals surface area contributed by atoms with Crippen LogP contribution in [0.2, 0.25) is 0 Å². The minimum atomic E-state index is -0.419. The Morgan fingerprint density at radius 3 is 2.86 bits per heavy atom. The lowest BCUT2D eigenvalue weighted by atomic mass is 9.93. The molecule has 0 saturated carbocycles. The zero-order valence-corrected chi connectivity index (χ0v) is 14.6. The first-order chi connectivity index (χ1) is 9.85. The molecule has 1 aromatic heterocycles. The standard InChI is InChI=1S/C16H24BrN3O/c1-4-5-6-11-9-16(2,3)20(10-11)15-12(14(18)21)7-8-13(17)19-15/h7-8,11H,4-6,9-10H2,1-3H3,(H2,18,21)/t11-/m0/s1. The Balaban J connectivity index is 2.32. The highest BCUT2D eigenvalue weighted by Gasteiger charge is 2.40. The van der Waals surface area contributed by atoms with E-state index in [1.165, 1.54) is 19.3 Å². The van der Waals surface area contributed by atoms with Gasteiger partial charge in [0.25, 0.3) is 5.91 Å². The van der Waals surface area contributed by atoms with Crippen molar-refractivity contribution in [2.45, 2.75) is 52.0 Å². The number of rotatable bonds is 5. The van der Waals surface area contributed by atoms with E-state index in [2.05, 4.69) is 46.6 Å². The number of nitrogens with zero attached hydrogens (tertiary/aromatic N) is 2. The largest absolute Gasteiger partial charge is 0.365 e. The van der Waals surface area contributed by atoms with Crippen molar-refractivity contribution in [3.05, 3.63) is 22.3 Å². The zero-order valence-electron chi connectivity index (χ0n) is 13.0. The van der Waals surface area contributed by atoms with Gasteiger partial charge in [-0.15, -0.1) is 0 Å². The number of aromatic nitrogens is 1. The molecular formula is C16H24BrN3O. The van der Waals surface area contributed by atoms with Gasteiger partial charge in [0.2, 0.25) is 0 Å². The maximum absolute atomic E-state index is 11.7. The molecule has 1 aliphatic rings. The van der Waals surface area contributed by atoms with Crippen LogP contribution >= 0.6 is 15.9 Å². The molecule has 0 unspecified atom stereocenters. The molecule has 2 heterocycles. The van der Waals surface area contributed by atoms with Gasteiger partial charge in [0.15, 0.2) is 0 Å². The first-order valence-electron chi connectivity index (χ1n) is 7.59. The van der Waals surface area contributed by atoms with Crippen LogP contribution in [0.5, 0.6) is 0 Å². The molecule has 2 rings (SSSR count). The third-order valence-electron chi connectivity index (χ3n) is 4.29. The molecule has 2 N–H and O–H groups in total. The normalized spacial score (nSPS) is 20.8. The van der Waals surface area contributed by atoms with Crippen molar-refractivity contribution in [2.24, 2.45) is 11.7 Å². The minimum absolute atomic E-state index is 0.00357. The van der Waals surface area contributed by atoms with E-state index >= 15 is 0 Å². The molecule has 1 aliphatic heterocycles. The number of hydrogen-bond acceptors (Lipinski definition) is 3. The van der Waals surface area contributed by atoms with Crippen LogP contribution in [0.4, 0.5) is 5.82 Å². The van der Waals surface area contributed by atoms with E-state index < -0.39 is 5.91 Å². The first-order valence-corrected chi connectivity index (χ1v) is 8.38. The van der Waals surface area contributed by atoms with Crippen molar-refractivity contribution in [1.29, 1.82) is 0 Å². The Kier molecular flexibility index (Phi) is 4.91. The Morgan fingerprint density at radius 1 is 1.52 bits per heavy atom. The monoisotopic (exact) mass is 353 g/mol. The van der Waals surface area contributed by atoms with Crippen LogP contribution in [0.15, 0.2) is 16.7 Å². The van der Waals surface area contributed by atoms with E-state index in [1.807, 2.05) is 0 Å². The van der Waals surface area contributed by atoms with E-state index in [0.29, 0.717) is 17.3 Å². The van der Waals surface area contributed by atoms with Crippen molar-refractivity contribution < 1.29 is 4.79 Å². The quantitative estimate of drug-likeness (QED) is 0.820. The molecule has 0 spiro atoms. The van der Waals surface area contributed by atoms with Crippen LogP contribution in [0.25, 0.3) is 0 Å². The number of halogens is 1. The molecule has 116 valence electrons. The molecule has 0 radical (unpaired) electrons. The van der Waals surface area contributed by atoms with Crippen LogP contribution in [-0.4, -0.2) is 23.0 Å². The number of pyridine rings is 1. The van der Waals surface area contributed by atoms with Crippen molar-refractivity contribution in [3.63, 3.8) is 0 Å². The number of primary amides is 1. The van der Waals surface area contributed by atoms with Crippen LogP contribution < -0.4 is 10.6 Å². The van der Waals surface area contributed by atoms with Crippen molar-refractivity contribution in [3.8, 4) is 0 Å². The van der Waals surface area contributed by atoms with Gasteiger partial charge in [-0.25, -0.2) is 4.98 Å². The summed E-state index contributed by atoms with van der Waals surface area (Å²) in [5.74, 6) is 0.945. The number of carbonyl (C=O) groups is 1. The Bertz CT molecular complexity index is 530. The number of anilines is 1. The van der Waals surface area contributed by atoms with Gasteiger partial charge in [-0.3, -0.25) is 4.79 Å². The second-order valence-corrected chi connectivity index (χ2v) is 7.32. The fourth-order valence-electron chi connectivity index (χ4n) is 3.27. The van der Waals surface area contributed by atoms with Crippen LogP contribution in [-0.2, 0) is 0 Å². The fraction of sp³-hybridized carbons (Fsp3) is 0.625. The van der Waals surface area contributed by atoms with E-state index in [1.54, 1.807) is 12.1 Å². The van der Waals surface area contributed by atoms with Crippen LogP contribution in [0.3, 0.4) is 0 Å². The van der Waals surface area contributed by atoms with Crippen molar-refractivity contribution in [1.82, 2.24) is 4.98 Å². The van der Waals surface area contributed by atoms with Gasteiger partial charge in [-0.05, 0) is 60.7 Å². The summed E-state index contributed by atoms with van der Waals surface area (Å²) < 4.78 is 0.732. The number of unbranched alkanes of at least 4 members (excludes halogenated alkanes) is 1. The SMILES string of the molecule is CCCC[C@@H]1CN(c2nc(Br)ccc2C(N)=O)C(C)(C)C1. The fourth-order valence-corrected chi connectivity index (χ4v) is 3.57. The highest BCUT2D eigenvalue weighted by atomic mass is 79.9. The van der Waals surface area contributed by atoms with Crippen molar-refractivity contribution >= 4 is 27.7 Å². The van der Waals surface area contributed by atoms with E-state index in [4.69, 9.17) is 5.73 Å². The molecule has 4 nitrogen and oxygen atoms in total. The summed E-state index contributed by atoms with van der Waals surface area (Å²) in [5, 5.41) is 0. The number of carbonyl (C=O) groups excluding carboxylic acids is 1.